The van der Waals surface area contributed by atoms with Gasteiger partial charge in [-0.2, -0.15) is 9.57 Å². The second-order valence-electron chi connectivity index (χ2n) is 6.38. The molecule has 2 aromatic rings. The van der Waals surface area contributed by atoms with Crippen LogP contribution in [0.4, 0.5) is 5.69 Å². The molecule has 1 unspecified atom stereocenters. The lowest BCUT2D eigenvalue weighted by atomic mass is 10.2. The van der Waals surface area contributed by atoms with Crippen molar-refractivity contribution in [3.8, 4) is 6.07 Å². The predicted octanol–water partition coefficient (Wildman–Crippen LogP) is 2.06. The van der Waals surface area contributed by atoms with Crippen LogP contribution in [0.15, 0.2) is 53.4 Å². The third-order valence-corrected chi connectivity index (χ3v) is 5.86. The first-order chi connectivity index (χ1) is 13.6. The molecule has 152 valence electrons. The number of nitrogens with zero attached hydrogens (tertiary/aromatic N) is 2. The molecule has 0 aliphatic rings. The molecule has 0 saturated heterocycles. The molecule has 0 radical (unpaired) electrons. The van der Waals surface area contributed by atoms with Crippen molar-refractivity contribution in [2.75, 3.05) is 18.9 Å². The maximum absolute atomic E-state index is 12.5. The SMILES string of the molecule is Cc1ccc(S(=O)(=O)N(C)CC(=O)OC(C)C(=O)Nc2ccc(C#N)cc2)cc1. The van der Waals surface area contributed by atoms with Gasteiger partial charge in [-0.05, 0) is 50.2 Å². The van der Waals surface area contributed by atoms with Crippen LogP contribution in [0.1, 0.15) is 18.1 Å². The number of anilines is 1. The van der Waals surface area contributed by atoms with Crippen molar-refractivity contribution in [3.63, 3.8) is 0 Å². The third-order valence-electron chi connectivity index (χ3n) is 4.04. The number of hydrogen-bond acceptors (Lipinski definition) is 6. The smallest absolute Gasteiger partial charge is 0.322 e. The summed E-state index contributed by atoms with van der Waals surface area (Å²) in [6.45, 7) is 2.68. The molecule has 0 bridgehead atoms. The van der Waals surface area contributed by atoms with E-state index in [2.05, 4.69) is 5.32 Å². The molecular weight excluding hydrogens is 394 g/mol. The first-order valence-electron chi connectivity index (χ1n) is 8.67. The minimum absolute atomic E-state index is 0.0602. The Bertz CT molecular complexity index is 1030. The number of carbonyl (C=O) groups is 2. The molecule has 0 aromatic heterocycles. The van der Waals surface area contributed by atoms with Gasteiger partial charge in [0.2, 0.25) is 10.0 Å². The highest BCUT2D eigenvalue weighted by atomic mass is 32.2. The summed E-state index contributed by atoms with van der Waals surface area (Å²) in [5.41, 5.74) is 1.80. The van der Waals surface area contributed by atoms with Crippen molar-refractivity contribution in [1.29, 1.82) is 5.26 Å². The number of likely N-dealkylation sites (N-methyl/N-ethyl adjacent to an activating group) is 1. The van der Waals surface area contributed by atoms with Crippen LogP contribution in [0.3, 0.4) is 0 Å². The lowest BCUT2D eigenvalue weighted by Crippen LogP contribution is -2.37. The molecular formula is C20H21N3O5S. The van der Waals surface area contributed by atoms with Crippen molar-refractivity contribution in [2.24, 2.45) is 0 Å². The summed E-state index contributed by atoms with van der Waals surface area (Å²) in [5.74, 6) is -1.43. The van der Waals surface area contributed by atoms with Crippen LogP contribution in [0.2, 0.25) is 0 Å². The van der Waals surface area contributed by atoms with Gasteiger partial charge in [0.1, 0.15) is 6.54 Å². The quantitative estimate of drug-likeness (QED) is 0.692. The van der Waals surface area contributed by atoms with Crippen molar-refractivity contribution in [1.82, 2.24) is 4.31 Å². The average molecular weight is 415 g/mol. The largest absolute Gasteiger partial charge is 0.452 e. The molecule has 1 atom stereocenters. The molecule has 9 heteroatoms. The molecule has 1 N–H and O–H groups in total. The summed E-state index contributed by atoms with van der Waals surface area (Å²) in [5, 5.41) is 11.3. The molecule has 2 rings (SSSR count). The van der Waals surface area contributed by atoms with E-state index < -0.39 is 34.5 Å². The fourth-order valence-electron chi connectivity index (χ4n) is 2.32. The number of carbonyl (C=O) groups excluding carboxylic acids is 2. The summed E-state index contributed by atoms with van der Waals surface area (Å²) >= 11 is 0. The van der Waals surface area contributed by atoms with Gasteiger partial charge in [-0.25, -0.2) is 8.42 Å². The first kappa shape index (κ1) is 22.1. The normalized spacial score (nSPS) is 12.1. The molecule has 0 saturated carbocycles. The number of rotatable bonds is 7. The summed E-state index contributed by atoms with van der Waals surface area (Å²) in [4.78, 5) is 24.3. The summed E-state index contributed by atoms with van der Waals surface area (Å²) in [6, 6.07) is 14.4. The lowest BCUT2D eigenvalue weighted by molar-refractivity contribution is -0.153. The van der Waals surface area contributed by atoms with E-state index >= 15 is 0 Å². The zero-order valence-corrected chi connectivity index (χ0v) is 17.1. The summed E-state index contributed by atoms with van der Waals surface area (Å²) in [7, 11) is -2.59. The van der Waals surface area contributed by atoms with Gasteiger partial charge in [-0.3, -0.25) is 9.59 Å². The highest BCUT2D eigenvalue weighted by Crippen LogP contribution is 2.15. The maximum atomic E-state index is 12.5. The average Bonchev–Trinajstić information content (AvgIpc) is 2.68. The van der Waals surface area contributed by atoms with Gasteiger partial charge in [-0.15, -0.1) is 0 Å². The molecule has 0 aliphatic carbocycles. The molecule has 0 spiro atoms. The van der Waals surface area contributed by atoms with Crippen LogP contribution in [-0.2, 0) is 24.3 Å². The number of ether oxygens (including phenoxy) is 1. The molecule has 0 aliphatic heterocycles. The van der Waals surface area contributed by atoms with Crippen LogP contribution < -0.4 is 5.32 Å². The zero-order chi connectivity index (χ0) is 21.6. The van der Waals surface area contributed by atoms with Crippen LogP contribution >= 0.6 is 0 Å². The predicted molar refractivity (Wildman–Crippen MR) is 106 cm³/mol. The van der Waals surface area contributed by atoms with E-state index in [0.29, 0.717) is 11.3 Å². The Kier molecular flexibility index (Phi) is 7.09. The monoisotopic (exact) mass is 415 g/mol. The number of amides is 1. The van der Waals surface area contributed by atoms with E-state index in [-0.39, 0.29) is 4.90 Å². The van der Waals surface area contributed by atoms with E-state index in [1.54, 1.807) is 24.3 Å². The van der Waals surface area contributed by atoms with Gasteiger partial charge < -0.3 is 10.1 Å². The Morgan fingerprint density at radius 2 is 1.72 bits per heavy atom. The van der Waals surface area contributed by atoms with E-state index in [0.717, 1.165) is 9.87 Å². The van der Waals surface area contributed by atoms with Gasteiger partial charge in [0.05, 0.1) is 16.5 Å². The zero-order valence-electron chi connectivity index (χ0n) is 16.2. The Morgan fingerprint density at radius 1 is 1.14 bits per heavy atom. The number of nitrogens with one attached hydrogen (secondary N) is 1. The molecule has 0 heterocycles. The van der Waals surface area contributed by atoms with Gasteiger partial charge in [0.15, 0.2) is 6.10 Å². The second kappa shape index (κ2) is 9.32. The highest BCUT2D eigenvalue weighted by molar-refractivity contribution is 7.89. The van der Waals surface area contributed by atoms with Crippen molar-refractivity contribution < 1.29 is 22.7 Å². The van der Waals surface area contributed by atoms with Crippen LogP contribution in [0.25, 0.3) is 0 Å². The highest BCUT2D eigenvalue weighted by Gasteiger charge is 2.25. The van der Waals surface area contributed by atoms with Crippen molar-refractivity contribution in [2.45, 2.75) is 24.8 Å². The molecule has 1 amide bonds. The fourth-order valence-corrected chi connectivity index (χ4v) is 3.43. The Labute approximate surface area is 169 Å². The summed E-state index contributed by atoms with van der Waals surface area (Å²) < 4.78 is 30.9. The van der Waals surface area contributed by atoms with Gasteiger partial charge >= 0.3 is 5.97 Å². The fraction of sp³-hybridized carbons (Fsp3) is 0.250. The second-order valence-corrected chi connectivity index (χ2v) is 8.43. The molecule has 2 aromatic carbocycles. The van der Waals surface area contributed by atoms with Gasteiger partial charge in [0, 0.05) is 12.7 Å². The number of hydrogen-bond donors (Lipinski definition) is 1. The van der Waals surface area contributed by atoms with Crippen molar-refractivity contribution >= 4 is 27.6 Å². The number of sulfonamides is 1. The summed E-state index contributed by atoms with van der Waals surface area (Å²) in [6.07, 6.45) is -1.13. The molecule has 29 heavy (non-hydrogen) atoms. The van der Waals surface area contributed by atoms with Gasteiger partial charge in [-0.1, -0.05) is 17.7 Å². The Hall–Kier alpha value is -3.22. The minimum Gasteiger partial charge on any atom is -0.452 e. The van der Waals surface area contributed by atoms with Gasteiger partial charge in [0.25, 0.3) is 5.91 Å². The van der Waals surface area contributed by atoms with E-state index in [9.17, 15) is 18.0 Å². The lowest BCUT2D eigenvalue weighted by Gasteiger charge is -2.18. The van der Waals surface area contributed by atoms with Crippen LogP contribution in [0.5, 0.6) is 0 Å². The number of nitriles is 1. The number of esters is 1. The first-order valence-corrected chi connectivity index (χ1v) is 10.1. The molecule has 0 fully saturated rings. The topological polar surface area (TPSA) is 117 Å². The van der Waals surface area contributed by atoms with Crippen LogP contribution in [-0.4, -0.2) is 44.3 Å². The van der Waals surface area contributed by atoms with Crippen LogP contribution in [0, 0.1) is 18.3 Å². The Morgan fingerprint density at radius 3 is 2.28 bits per heavy atom. The number of aryl methyl sites for hydroxylation is 1. The van der Waals surface area contributed by atoms with E-state index in [4.69, 9.17) is 10.00 Å². The third kappa shape index (κ3) is 5.88. The Balaban J connectivity index is 1.93. The standard InChI is InChI=1S/C20H21N3O5S/c1-14-4-10-18(11-5-14)29(26,27)23(3)13-19(24)28-15(2)20(25)22-17-8-6-16(12-21)7-9-17/h4-11,15H,13H2,1-3H3,(H,22,25). The van der Waals surface area contributed by atoms with E-state index in [1.807, 2.05) is 13.0 Å². The van der Waals surface area contributed by atoms with E-state index in [1.165, 1.54) is 38.2 Å². The maximum Gasteiger partial charge on any atom is 0.322 e. The van der Waals surface area contributed by atoms with Crippen molar-refractivity contribution in [3.05, 3.63) is 59.7 Å². The molecule has 8 nitrogen and oxygen atoms in total. The minimum atomic E-state index is -3.86. The number of benzene rings is 2.